The SMILES string of the molecule is CCCc1c(N)ncnc1Sc1nc(=O)c(=O)[nH]n1C. The molecule has 0 radical (unpaired) electrons. The zero-order valence-corrected chi connectivity index (χ0v) is 11.9. The molecule has 0 saturated heterocycles. The number of nitrogens with two attached hydrogens (primary N) is 1. The predicted octanol–water partition coefficient (Wildman–Crippen LogP) is -0.0555. The van der Waals surface area contributed by atoms with E-state index in [-0.39, 0.29) is 0 Å². The van der Waals surface area contributed by atoms with E-state index in [0.717, 1.165) is 18.4 Å². The molecule has 2 heterocycles. The summed E-state index contributed by atoms with van der Waals surface area (Å²) < 4.78 is 1.38. The van der Waals surface area contributed by atoms with Crippen LogP contribution in [0.1, 0.15) is 18.9 Å². The number of hydrogen-bond acceptors (Lipinski definition) is 7. The number of aromatic amines is 1. The number of aromatic nitrogens is 5. The maximum atomic E-state index is 11.3. The van der Waals surface area contributed by atoms with Crippen LogP contribution in [0.2, 0.25) is 0 Å². The van der Waals surface area contributed by atoms with Gasteiger partial charge in [-0.15, -0.1) is 0 Å². The van der Waals surface area contributed by atoms with Gasteiger partial charge in [-0.3, -0.25) is 19.4 Å². The average molecular weight is 294 g/mol. The van der Waals surface area contributed by atoms with Crippen molar-refractivity contribution in [3.63, 3.8) is 0 Å². The van der Waals surface area contributed by atoms with Gasteiger partial charge in [0.2, 0.25) is 0 Å². The van der Waals surface area contributed by atoms with E-state index >= 15 is 0 Å². The summed E-state index contributed by atoms with van der Waals surface area (Å²) in [6, 6.07) is 0. The van der Waals surface area contributed by atoms with Crippen molar-refractivity contribution in [2.45, 2.75) is 29.9 Å². The zero-order chi connectivity index (χ0) is 14.7. The third-order valence-electron chi connectivity index (χ3n) is 2.57. The summed E-state index contributed by atoms with van der Waals surface area (Å²) in [4.78, 5) is 34.3. The fourth-order valence-corrected chi connectivity index (χ4v) is 2.53. The summed E-state index contributed by atoms with van der Waals surface area (Å²) in [7, 11) is 1.60. The summed E-state index contributed by atoms with van der Waals surface area (Å²) >= 11 is 1.17. The van der Waals surface area contributed by atoms with Gasteiger partial charge in [-0.1, -0.05) is 13.3 Å². The molecule has 0 atom stereocenters. The Bertz CT molecular complexity index is 738. The minimum absolute atomic E-state index is 0.338. The van der Waals surface area contributed by atoms with Gasteiger partial charge in [-0.2, -0.15) is 4.98 Å². The van der Waals surface area contributed by atoms with Gasteiger partial charge in [0, 0.05) is 12.6 Å². The summed E-state index contributed by atoms with van der Waals surface area (Å²) in [5.74, 6) is 0.416. The molecule has 0 bridgehead atoms. The van der Waals surface area contributed by atoms with Crippen LogP contribution in [0.4, 0.5) is 5.82 Å². The number of nitrogens with one attached hydrogen (secondary N) is 1. The highest BCUT2D eigenvalue weighted by atomic mass is 32.2. The van der Waals surface area contributed by atoms with Gasteiger partial charge >= 0.3 is 11.1 Å². The molecular weight excluding hydrogens is 280 g/mol. The Balaban J connectivity index is 2.45. The Morgan fingerprint density at radius 2 is 2.15 bits per heavy atom. The molecule has 0 aliphatic carbocycles. The van der Waals surface area contributed by atoms with Crippen LogP contribution in [-0.2, 0) is 13.5 Å². The first-order valence-corrected chi connectivity index (χ1v) is 6.79. The Hall–Kier alpha value is -2.16. The van der Waals surface area contributed by atoms with Crippen LogP contribution in [0.15, 0.2) is 26.1 Å². The summed E-state index contributed by atoms with van der Waals surface area (Å²) in [5, 5.41) is 3.36. The van der Waals surface area contributed by atoms with Crippen molar-refractivity contribution in [3.05, 3.63) is 32.6 Å². The van der Waals surface area contributed by atoms with Crippen LogP contribution in [-0.4, -0.2) is 24.7 Å². The number of aryl methyl sites for hydroxylation is 1. The monoisotopic (exact) mass is 294 g/mol. The van der Waals surface area contributed by atoms with E-state index in [9.17, 15) is 9.59 Å². The smallest absolute Gasteiger partial charge is 0.339 e. The van der Waals surface area contributed by atoms with E-state index in [0.29, 0.717) is 16.0 Å². The molecule has 2 aromatic rings. The first kappa shape index (κ1) is 14.3. The zero-order valence-electron chi connectivity index (χ0n) is 11.1. The number of anilines is 1. The van der Waals surface area contributed by atoms with Crippen molar-refractivity contribution in [1.29, 1.82) is 0 Å². The molecule has 3 N–H and O–H groups in total. The number of H-pyrrole nitrogens is 1. The van der Waals surface area contributed by atoms with E-state index in [1.807, 2.05) is 6.92 Å². The lowest BCUT2D eigenvalue weighted by Gasteiger charge is -2.10. The standard InChI is InChI=1S/C11H14N6O2S/c1-3-4-6-7(12)13-5-14-10(6)20-11-15-8(18)9(19)16-17(11)2/h5H,3-4H2,1-2H3,(H,16,19)(H2,12,13,14). The number of rotatable bonds is 4. The fraction of sp³-hybridized carbons (Fsp3) is 0.364. The van der Waals surface area contributed by atoms with Crippen LogP contribution in [0, 0.1) is 0 Å². The third kappa shape index (κ3) is 2.87. The van der Waals surface area contributed by atoms with Gasteiger partial charge in [0.25, 0.3) is 0 Å². The Kier molecular flexibility index (Phi) is 4.18. The van der Waals surface area contributed by atoms with Gasteiger partial charge < -0.3 is 5.73 Å². The highest BCUT2D eigenvalue weighted by Gasteiger charge is 2.13. The first-order chi connectivity index (χ1) is 9.52. The molecule has 0 unspecified atom stereocenters. The Morgan fingerprint density at radius 3 is 2.85 bits per heavy atom. The summed E-state index contributed by atoms with van der Waals surface area (Å²) in [5.41, 5.74) is 5.08. The van der Waals surface area contributed by atoms with Crippen LogP contribution in [0.5, 0.6) is 0 Å². The fourth-order valence-electron chi connectivity index (χ4n) is 1.62. The van der Waals surface area contributed by atoms with Crippen molar-refractivity contribution >= 4 is 17.6 Å². The molecule has 2 aromatic heterocycles. The van der Waals surface area contributed by atoms with E-state index in [2.05, 4.69) is 20.1 Å². The molecule has 0 fully saturated rings. The van der Waals surface area contributed by atoms with Crippen molar-refractivity contribution in [3.8, 4) is 0 Å². The average Bonchev–Trinajstić information content (AvgIpc) is 2.40. The van der Waals surface area contributed by atoms with Gasteiger partial charge in [0.05, 0.1) is 0 Å². The van der Waals surface area contributed by atoms with E-state index in [1.165, 1.54) is 22.8 Å². The second-order valence-corrected chi connectivity index (χ2v) is 5.05. The largest absolute Gasteiger partial charge is 0.383 e. The minimum atomic E-state index is -0.829. The van der Waals surface area contributed by atoms with Gasteiger partial charge in [0.15, 0.2) is 5.16 Å². The predicted molar refractivity (Wildman–Crippen MR) is 74.7 cm³/mol. The first-order valence-electron chi connectivity index (χ1n) is 5.97. The molecule has 0 saturated carbocycles. The van der Waals surface area contributed by atoms with Crippen LogP contribution in [0.25, 0.3) is 0 Å². The molecule has 2 rings (SSSR count). The van der Waals surface area contributed by atoms with E-state index < -0.39 is 11.1 Å². The number of hydrogen-bond donors (Lipinski definition) is 2. The molecule has 9 heteroatoms. The molecule has 106 valence electrons. The van der Waals surface area contributed by atoms with Gasteiger partial charge in [0.1, 0.15) is 17.2 Å². The Morgan fingerprint density at radius 1 is 1.40 bits per heavy atom. The molecule has 0 aliphatic heterocycles. The van der Waals surface area contributed by atoms with E-state index in [1.54, 1.807) is 7.05 Å². The molecule has 20 heavy (non-hydrogen) atoms. The molecule has 0 aromatic carbocycles. The van der Waals surface area contributed by atoms with Crippen molar-refractivity contribution < 1.29 is 0 Å². The van der Waals surface area contributed by atoms with Crippen LogP contribution < -0.4 is 16.9 Å². The maximum Gasteiger partial charge on any atom is 0.339 e. The van der Waals surface area contributed by atoms with Crippen LogP contribution >= 0.6 is 11.8 Å². The second-order valence-electron chi connectivity index (χ2n) is 4.09. The number of nitrogens with zero attached hydrogens (tertiary/aromatic N) is 4. The Labute approximate surface area is 118 Å². The van der Waals surface area contributed by atoms with Gasteiger partial charge in [-0.25, -0.2) is 9.97 Å². The topological polar surface area (TPSA) is 120 Å². The van der Waals surface area contributed by atoms with E-state index in [4.69, 9.17) is 5.73 Å². The van der Waals surface area contributed by atoms with Gasteiger partial charge in [-0.05, 0) is 18.2 Å². The van der Waals surface area contributed by atoms with Crippen molar-refractivity contribution in [2.24, 2.45) is 7.05 Å². The molecule has 0 aliphatic rings. The third-order valence-corrected chi connectivity index (χ3v) is 3.67. The molecule has 8 nitrogen and oxygen atoms in total. The quantitative estimate of drug-likeness (QED) is 0.599. The normalized spacial score (nSPS) is 10.7. The second kappa shape index (κ2) is 5.87. The summed E-state index contributed by atoms with van der Waals surface area (Å²) in [6.07, 6.45) is 2.98. The summed E-state index contributed by atoms with van der Waals surface area (Å²) in [6.45, 7) is 2.02. The molecule has 0 amide bonds. The highest BCUT2D eigenvalue weighted by Crippen LogP contribution is 2.28. The molecular formula is C11H14N6O2S. The van der Waals surface area contributed by atoms with Crippen molar-refractivity contribution in [2.75, 3.05) is 5.73 Å². The minimum Gasteiger partial charge on any atom is -0.383 e. The lowest BCUT2D eigenvalue weighted by molar-refractivity contribution is 0.596. The number of nitrogen functional groups attached to an aromatic ring is 1. The highest BCUT2D eigenvalue weighted by molar-refractivity contribution is 7.99. The lowest BCUT2D eigenvalue weighted by Crippen LogP contribution is -2.33. The van der Waals surface area contributed by atoms with Crippen LogP contribution in [0.3, 0.4) is 0 Å². The van der Waals surface area contributed by atoms with Crippen molar-refractivity contribution in [1.82, 2.24) is 24.7 Å². The maximum absolute atomic E-state index is 11.3. The molecule has 0 spiro atoms. The lowest BCUT2D eigenvalue weighted by atomic mass is 10.2.